The number of hydrogen-bond acceptors (Lipinski definition) is 4. The van der Waals surface area contributed by atoms with E-state index in [0.717, 1.165) is 5.56 Å². The van der Waals surface area contributed by atoms with Crippen LogP contribution in [0.2, 0.25) is 10.0 Å². The molecule has 0 N–H and O–H groups in total. The maximum atomic E-state index is 11.9. The summed E-state index contributed by atoms with van der Waals surface area (Å²) < 4.78 is 16.2. The molecule has 0 amide bonds. The van der Waals surface area contributed by atoms with Crippen LogP contribution in [0.5, 0.6) is 11.5 Å². The molecule has 0 fully saturated rings. The number of rotatable bonds is 7. The van der Waals surface area contributed by atoms with E-state index in [1.54, 1.807) is 36.4 Å². The molecule has 0 radical (unpaired) electrons. The van der Waals surface area contributed by atoms with Crippen LogP contribution < -0.4 is 9.47 Å². The summed E-state index contributed by atoms with van der Waals surface area (Å²) in [6.45, 7) is 2.40. The molecule has 2 aromatic rings. The number of benzene rings is 2. The average molecular weight is 379 g/mol. The zero-order chi connectivity index (χ0) is 18.2. The van der Waals surface area contributed by atoms with Crippen molar-refractivity contribution in [3.63, 3.8) is 0 Å². The zero-order valence-electron chi connectivity index (χ0n) is 13.6. The van der Waals surface area contributed by atoms with Crippen molar-refractivity contribution in [2.45, 2.75) is 13.5 Å². The molecule has 0 atom stereocenters. The number of carbonyl (C=O) groups excluding carboxylic acids is 1. The maximum Gasteiger partial charge on any atom is 0.339 e. The minimum absolute atomic E-state index is 0.0872. The van der Waals surface area contributed by atoms with Gasteiger partial charge in [-0.25, -0.2) is 4.79 Å². The number of halogens is 2. The number of carbonyl (C=O) groups is 1. The molecular weight excluding hydrogens is 363 g/mol. The second-order valence-corrected chi connectivity index (χ2v) is 5.74. The average Bonchev–Trinajstić information content (AvgIpc) is 2.60. The molecule has 0 aromatic heterocycles. The fourth-order valence-corrected chi connectivity index (χ4v) is 2.47. The van der Waals surface area contributed by atoms with Gasteiger partial charge < -0.3 is 14.2 Å². The molecule has 2 rings (SSSR count). The lowest BCUT2D eigenvalue weighted by Crippen LogP contribution is -2.07. The molecule has 0 spiro atoms. The topological polar surface area (TPSA) is 44.8 Å². The Balaban J connectivity index is 2.16. The van der Waals surface area contributed by atoms with Gasteiger partial charge in [-0.05, 0) is 37.3 Å². The highest BCUT2D eigenvalue weighted by Crippen LogP contribution is 2.30. The van der Waals surface area contributed by atoms with Gasteiger partial charge in [0, 0.05) is 15.6 Å². The minimum atomic E-state index is -0.522. The monoisotopic (exact) mass is 378 g/mol. The van der Waals surface area contributed by atoms with Crippen LogP contribution in [0.3, 0.4) is 0 Å². The Morgan fingerprint density at radius 2 is 1.92 bits per heavy atom. The van der Waals surface area contributed by atoms with Crippen molar-refractivity contribution in [2.24, 2.45) is 0 Å². The maximum absolute atomic E-state index is 11.9. The Morgan fingerprint density at radius 1 is 1.12 bits per heavy atom. The van der Waals surface area contributed by atoms with Gasteiger partial charge in [-0.1, -0.05) is 35.2 Å². The molecule has 0 aliphatic heterocycles. The molecule has 0 unspecified atom stereocenters. The van der Waals surface area contributed by atoms with Gasteiger partial charge in [0.1, 0.15) is 6.61 Å². The summed E-state index contributed by atoms with van der Waals surface area (Å²) in [5.74, 6) is 2.64. The number of terminal acetylenes is 1. The minimum Gasteiger partial charge on any atom is -0.490 e. The number of esters is 1. The lowest BCUT2D eigenvalue weighted by atomic mass is 10.2. The Hall–Kier alpha value is -2.35. The second-order valence-electron chi connectivity index (χ2n) is 4.90. The van der Waals surface area contributed by atoms with E-state index in [2.05, 4.69) is 5.92 Å². The third-order valence-corrected chi connectivity index (χ3v) is 3.75. The van der Waals surface area contributed by atoms with Crippen molar-refractivity contribution in [1.82, 2.24) is 0 Å². The molecule has 0 bridgehead atoms. The first-order valence-electron chi connectivity index (χ1n) is 7.49. The predicted molar refractivity (Wildman–Crippen MR) is 97.5 cm³/mol. The van der Waals surface area contributed by atoms with Gasteiger partial charge in [0.15, 0.2) is 18.1 Å². The van der Waals surface area contributed by atoms with E-state index in [1.165, 1.54) is 0 Å². The molecule has 6 heteroatoms. The molecule has 0 heterocycles. The van der Waals surface area contributed by atoms with Crippen LogP contribution in [-0.2, 0) is 11.3 Å². The van der Waals surface area contributed by atoms with E-state index in [4.69, 9.17) is 43.8 Å². The van der Waals surface area contributed by atoms with Gasteiger partial charge >= 0.3 is 5.97 Å². The Labute approximate surface area is 156 Å². The van der Waals surface area contributed by atoms with Gasteiger partial charge in [-0.15, -0.1) is 6.42 Å². The largest absolute Gasteiger partial charge is 0.490 e. The lowest BCUT2D eigenvalue weighted by molar-refractivity contribution is 0.0556. The number of hydrogen-bond donors (Lipinski definition) is 0. The van der Waals surface area contributed by atoms with Crippen LogP contribution in [0.15, 0.2) is 36.4 Å². The van der Waals surface area contributed by atoms with Gasteiger partial charge in [0.05, 0.1) is 12.2 Å². The fourth-order valence-electron chi connectivity index (χ4n) is 2.01. The quantitative estimate of drug-likeness (QED) is 0.514. The van der Waals surface area contributed by atoms with E-state index in [-0.39, 0.29) is 13.2 Å². The summed E-state index contributed by atoms with van der Waals surface area (Å²) in [4.78, 5) is 11.9. The summed E-state index contributed by atoms with van der Waals surface area (Å²) in [6, 6.07) is 9.95. The smallest absolute Gasteiger partial charge is 0.339 e. The zero-order valence-corrected chi connectivity index (χ0v) is 15.1. The van der Waals surface area contributed by atoms with E-state index < -0.39 is 5.97 Å². The third-order valence-electron chi connectivity index (χ3n) is 3.16. The summed E-state index contributed by atoms with van der Waals surface area (Å²) in [7, 11) is 0. The van der Waals surface area contributed by atoms with Crippen molar-refractivity contribution in [1.29, 1.82) is 0 Å². The number of ether oxygens (including phenoxy) is 3. The Kier molecular flexibility index (Phi) is 7.00. The molecule has 4 nitrogen and oxygen atoms in total. The summed E-state index contributed by atoms with van der Waals surface area (Å²) >= 11 is 12.0. The van der Waals surface area contributed by atoms with E-state index >= 15 is 0 Å². The first-order valence-corrected chi connectivity index (χ1v) is 8.25. The fraction of sp³-hybridized carbons (Fsp3) is 0.211. The van der Waals surface area contributed by atoms with Crippen LogP contribution in [-0.4, -0.2) is 19.2 Å². The molecule has 0 saturated heterocycles. The second kappa shape index (κ2) is 9.22. The van der Waals surface area contributed by atoms with Crippen LogP contribution >= 0.6 is 23.2 Å². The van der Waals surface area contributed by atoms with Gasteiger partial charge in [0.2, 0.25) is 0 Å². The molecule has 0 saturated carbocycles. The van der Waals surface area contributed by atoms with Gasteiger partial charge in [-0.2, -0.15) is 0 Å². The van der Waals surface area contributed by atoms with Crippen molar-refractivity contribution >= 4 is 29.2 Å². The SMILES string of the molecule is C#CCOC(=O)c1ccc(OCc2ccc(Cl)cc2Cl)c(OCC)c1. The predicted octanol–water partition coefficient (Wildman–Crippen LogP) is 4.76. The summed E-state index contributed by atoms with van der Waals surface area (Å²) in [5, 5.41) is 1.07. The standard InChI is InChI=1S/C19H16Cl2O4/c1-3-9-24-19(22)13-6-8-17(18(10-13)23-4-2)25-12-14-5-7-15(20)11-16(14)21/h1,5-8,10-11H,4,9,12H2,2H3. The van der Waals surface area contributed by atoms with Crippen LogP contribution in [0.1, 0.15) is 22.8 Å². The van der Waals surface area contributed by atoms with Gasteiger partial charge in [0.25, 0.3) is 0 Å². The molecule has 2 aromatic carbocycles. The van der Waals surface area contributed by atoms with Crippen LogP contribution in [0, 0.1) is 12.3 Å². The molecule has 25 heavy (non-hydrogen) atoms. The van der Waals surface area contributed by atoms with Crippen molar-refractivity contribution in [3.8, 4) is 23.8 Å². The highest BCUT2D eigenvalue weighted by Gasteiger charge is 2.13. The Morgan fingerprint density at radius 3 is 2.60 bits per heavy atom. The highest BCUT2D eigenvalue weighted by atomic mass is 35.5. The van der Waals surface area contributed by atoms with Crippen molar-refractivity contribution in [3.05, 3.63) is 57.6 Å². The normalized spacial score (nSPS) is 10.0. The molecule has 0 aliphatic carbocycles. The highest BCUT2D eigenvalue weighted by molar-refractivity contribution is 6.35. The summed E-state index contributed by atoms with van der Waals surface area (Å²) in [5.41, 5.74) is 1.11. The van der Waals surface area contributed by atoms with E-state index in [1.807, 2.05) is 6.92 Å². The van der Waals surface area contributed by atoms with Crippen LogP contribution in [0.4, 0.5) is 0 Å². The third kappa shape index (κ3) is 5.32. The van der Waals surface area contributed by atoms with Crippen LogP contribution in [0.25, 0.3) is 0 Å². The Bertz CT molecular complexity index is 796. The van der Waals surface area contributed by atoms with Crippen molar-refractivity contribution in [2.75, 3.05) is 13.2 Å². The first-order chi connectivity index (χ1) is 12.0. The molecule has 130 valence electrons. The van der Waals surface area contributed by atoms with Crippen molar-refractivity contribution < 1.29 is 19.0 Å². The summed E-state index contributed by atoms with van der Waals surface area (Å²) in [6.07, 6.45) is 5.08. The lowest BCUT2D eigenvalue weighted by Gasteiger charge is -2.14. The van der Waals surface area contributed by atoms with E-state index in [9.17, 15) is 4.79 Å². The van der Waals surface area contributed by atoms with E-state index in [0.29, 0.717) is 33.7 Å². The first kappa shape index (κ1) is 19.0. The molecular formula is C19H16Cl2O4. The van der Waals surface area contributed by atoms with Gasteiger partial charge in [-0.3, -0.25) is 0 Å². The molecule has 0 aliphatic rings.